The number of aryl methyl sites for hydroxylation is 1. The second-order valence-electron chi connectivity index (χ2n) is 3.79. The number of hydrogen-bond donors (Lipinski definition) is 1. The Hall–Kier alpha value is -0.870. The van der Waals surface area contributed by atoms with Crippen molar-refractivity contribution in [2.75, 3.05) is 26.8 Å². The first kappa shape index (κ1) is 13.2. The summed E-state index contributed by atoms with van der Waals surface area (Å²) in [6.45, 7) is 4.65. The topological polar surface area (TPSA) is 47.3 Å². The molecule has 0 aliphatic heterocycles. The van der Waals surface area contributed by atoms with Crippen LogP contribution in [0.15, 0.2) is 10.6 Å². The van der Waals surface area contributed by atoms with E-state index in [1.165, 1.54) is 0 Å². The molecule has 1 N–H and O–H groups in total. The summed E-state index contributed by atoms with van der Waals surface area (Å²) in [5, 5.41) is 3.10. The number of aromatic nitrogens is 1. The summed E-state index contributed by atoms with van der Waals surface area (Å²) in [4.78, 5) is 4.24. The second-order valence-corrected chi connectivity index (χ2v) is 3.79. The molecule has 0 fully saturated rings. The van der Waals surface area contributed by atoms with Crippen LogP contribution < -0.4 is 5.32 Å². The number of nitrogens with zero attached hydrogens (tertiary/aromatic N) is 1. The van der Waals surface area contributed by atoms with Gasteiger partial charge in [0.15, 0.2) is 5.89 Å². The van der Waals surface area contributed by atoms with Crippen molar-refractivity contribution in [3.8, 4) is 0 Å². The van der Waals surface area contributed by atoms with E-state index in [9.17, 15) is 0 Å². The first-order chi connectivity index (χ1) is 7.86. The van der Waals surface area contributed by atoms with E-state index in [0.717, 1.165) is 57.1 Å². The van der Waals surface area contributed by atoms with Crippen LogP contribution >= 0.6 is 0 Å². The predicted molar refractivity (Wildman–Crippen MR) is 63.6 cm³/mol. The van der Waals surface area contributed by atoms with E-state index in [2.05, 4.69) is 17.2 Å². The Bertz CT molecular complexity index is 274. The zero-order valence-corrected chi connectivity index (χ0v) is 10.3. The van der Waals surface area contributed by atoms with Gasteiger partial charge in [0.1, 0.15) is 5.76 Å². The summed E-state index contributed by atoms with van der Waals surface area (Å²) in [6, 6.07) is 0. The minimum atomic E-state index is 0.721. The van der Waals surface area contributed by atoms with Crippen molar-refractivity contribution < 1.29 is 9.15 Å². The smallest absolute Gasteiger partial charge is 0.194 e. The van der Waals surface area contributed by atoms with Gasteiger partial charge in [-0.2, -0.15) is 0 Å². The Morgan fingerprint density at radius 1 is 1.38 bits per heavy atom. The molecule has 1 heterocycles. The molecular weight excluding hydrogens is 204 g/mol. The molecule has 0 saturated carbocycles. The minimum Gasteiger partial charge on any atom is -0.446 e. The molecule has 92 valence electrons. The van der Waals surface area contributed by atoms with Crippen molar-refractivity contribution in [2.45, 2.75) is 32.6 Å². The quantitative estimate of drug-likeness (QED) is 0.652. The van der Waals surface area contributed by atoms with Gasteiger partial charge in [0.2, 0.25) is 0 Å². The van der Waals surface area contributed by atoms with Gasteiger partial charge < -0.3 is 14.5 Å². The highest BCUT2D eigenvalue weighted by molar-refractivity contribution is 4.94. The van der Waals surface area contributed by atoms with Gasteiger partial charge in [-0.05, 0) is 26.4 Å². The first-order valence-electron chi connectivity index (χ1n) is 6.02. The maximum Gasteiger partial charge on any atom is 0.194 e. The van der Waals surface area contributed by atoms with Crippen molar-refractivity contribution >= 4 is 0 Å². The average molecular weight is 226 g/mol. The highest BCUT2D eigenvalue weighted by Gasteiger charge is 2.03. The van der Waals surface area contributed by atoms with Crippen molar-refractivity contribution in [3.05, 3.63) is 17.8 Å². The Balaban J connectivity index is 2.17. The third-order valence-electron chi connectivity index (χ3n) is 2.26. The maximum absolute atomic E-state index is 5.59. The minimum absolute atomic E-state index is 0.721. The van der Waals surface area contributed by atoms with Crippen molar-refractivity contribution in [3.63, 3.8) is 0 Å². The lowest BCUT2D eigenvalue weighted by molar-refractivity contribution is 0.134. The van der Waals surface area contributed by atoms with Crippen LogP contribution in [0.4, 0.5) is 0 Å². The molecule has 0 spiro atoms. The van der Waals surface area contributed by atoms with Crippen molar-refractivity contribution in [1.82, 2.24) is 10.3 Å². The molecule has 0 radical (unpaired) electrons. The molecule has 0 atom stereocenters. The van der Waals surface area contributed by atoms with Gasteiger partial charge in [0.05, 0.1) is 12.8 Å². The molecule has 1 rings (SSSR count). The zero-order chi connectivity index (χ0) is 11.6. The number of rotatable bonds is 9. The molecule has 4 nitrogen and oxygen atoms in total. The van der Waals surface area contributed by atoms with Gasteiger partial charge in [-0.1, -0.05) is 6.92 Å². The fourth-order valence-electron chi connectivity index (χ4n) is 1.41. The standard InChI is InChI=1S/C12H22N2O2/c1-3-8-15-9-6-11-10-14-12(16-11)5-4-7-13-2/h10,13H,3-9H2,1-2H3. The van der Waals surface area contributed by atoms with Gasteiger partial charge in [-0.25, -0.2) is 4.98 Å². The lowest BCUT2D eigenvalue weighted by Gasteiger charge is -1.99. The van der Waals surface area contributed by atoms with Crippen LogP contribution in [0, 0.1) is 0 Å². The van der Waals surface area contributed by atoms with Crippen molar-refractivity contribution in [1.29, 1.82) is 0 Å². The molecule has 0 unspecified atom stereocenters. The third kappa shape index (κ3) is 5.28. The summed E-state index contributed by atoms with van der Waals surface area (Å²) >= 11 is 0. The summed E-state index contributed by atoms with van der Waals surface area (Å²) in [7, 11) is 1.95. The Morgan fingerprint density at radius 2 is 2.25 bits per heavy atom. The molecule has 0 bridgehead atoms. The van der Waals surface area contributed by atoms with E-state index in [0.29, 0.717) is 0 Å². The lowest BCUT2D eigenvalue weighted by atomic mass is 10.3. The number of nitrogens with one attached hydrogen (secondary N) is 1. The fraction of sp³-hybridized carbons (Fsp3) is 0.750. The molecule has 0 amide bonds. The Labute approximate surface area is 97.4 Å². The Kier molecular flexibility index (Phi) is 6.85. The zero-order valence-electron chi connectivity index (χ0n) is 10.3. The van der Waals surface area contributed by atoms with E-state index in [1.807, 2.05) is 13.2 Å². The van der Waals surface area contributed by atoms with Gasteiger partial charge >= 0.3 is 0 Å². The highest BCUT2D eigenvalue weighted by atomic mass is 16.5. The fourth-order valence-corrected chi connectivity index (χ4v) is 1.41. The summed E-state index contributed by atoms with van der Waals surface area (Å²) in [6.07, 6.45) is 5.65. The predicted octanol–water partition coefficient (Wildman–Crippen LogP) is 1.80. The van der Waals surface area contributed by atoms with Crippen LogP contribution in [-0.4, -0.2) is 31.8 Å². The van der Waals surface area contributed by atoms with Crippen LogP contribution in [0.1, 0.15) is 31.4 Å². The molecule has 4 heteroatoms. The van der Waals surface area contributed by atoms with E-state index in [1.54, 1.807) is 0 Å². The molecule has 0 aromatic carbocycles. The molecule has 0 aliphatic carbocycles. The monoisotopic (exact) mass is 226 g/mol. The van der Waals surface area contributed by atoms with Gasteiger partial charge in [0, 0.05) is 19.4 Å². The highest BCUT2D eigenvalue weighted by Crippen LogP contribution is 2.06. The molecule has 1 aromatic rings. The van der Waals surface area contributed by atoms with E-state index in [4.69, 9.17) is 9.15 Å². The van der Waals surface area contributed by atoms with Gasteiger partial charge in [0.25, 0.3) is 0 Å². The normalized spacial score (nSPS) is 10.9. The SMILES string of the molecule is CCCOCCc1cnc(CCCNC)o1. The molecule has 16 heavy (non-hydrogen) atoms. The van der Waals surface area contributed by atoms with Crippen LogP contribution in [-0.2, 0) is 17.6 Å². The second kappa shape index (κ2) is 8.30. The lowest BCUT2D eigenvalue weighted by Crippen LogP contribution is -2.08. The molecule has 0 saturated heterocycles. The van der Waals surface area contributed by atoms with Gasteiger partial charge in [-0.3, -0.25) is 0 Å². The number of ether oxygens (including phenoxy) is 1. The van der Waals surface area contributed by atoms with Crippen LogP contribution in [0.25, 0.3) is 0 Å². The molecule has 1 aromatic heterocycles. The van der Waals surface area contributed by atoms with Crippen LogP contribution in [0.3, 0.4) is 0 Å². The largest absolute Gasteiger partial charge is 0.446 e. The number of oxazole rings is 1. The van der Waals surface area contributed by atoms with E-state index >= 15 is 0 Å². The van der Waals surface area contributed by atoms with E-state index < -0.39 is 0 Å². The first-order valence-corrected chi connectivity index (χ1v) is 6.02. The number of hydrogen-bond acceptors (Lipinski definition) is 4. The molecule has 0 aliphatic rings. The summed E-state index contributed by atoms with van der Waals surface area (Å²) < 4.78 is 11.0. The Morgan fingerprint density at radius 3 is 3.00 bits per heavy atom. The third-order valence-corrected chi connectivity index (χ3v) is 2.26. The average Bonchev–Trinajstić information content (AvgIpc) is 2.73. The maximum atomic E-state index is 5.59. The summed E-state index contributed by atoms with van der Waals surface area (Å²) in [5.41, 5.74) is 0. The van der Waals surface area contributed by atoms with E-state index in [-0.39, 0.29) is 0 Å². The van der Waals surface area contributed by atoms with Gasteiger partial charge in [-0.15, -0.1) is 0 Å². The molecular formula is C12H22N2O2. The van der Waals surface area contributed by atoms with Crippen LogP contribution in [0.5, 0.6) is 0 Å². The summed E-state index contributed by atoms with van der Waals surface area (Å²) in [5.74, 6) is 1.76. The van der Waals surface area contributed by atoms with Crippen LogP contribution in [0.2, 0.25) is 0 Å². The van der Waals surface area contributed by atoms with Crippen molar-refractivity contribution in [2.24, 2.45) is 0 Å².